The molecular formula is C8H11BrN2O2. The van der Waals surface area contributed by atoms with Crippen LogP contribution in [0.25, 0.3) is 0 Å². The summed E-state index contributed by atoms with van der Waals surface area (Å²) in [4.78, 5) is 4.06. The van der Waals surface area contributed by atoms with Crippen LogP contribution in [0.1, 0.15) is 0 Å². The Hall–Kier alpha value is -0.810. The summed E-state index contributed by atoms with van der Waals surface area (Å²) in [5, 5.41) is 0. The third-order valence-electron chi connectivity index (χ3n) is 1.38. The minimum absolute atomic E-state index is 0.437. The first-order valence-electron chi connectivity index (χ1n) is 3.78. The van der Waals surface area contributed by atoms with Gasteiger partial charge in [-0.25, -0.2) is 4.98 Å². The van der Waals surface area contributed by atoms with E-state index in [2.05, 4.69) is 20.9 Å². The molecule has 1 heterocycles. The Balaban J connectivity index is 2.59. The molecule has 0 unspecified atom stereocenters. The third kappa shape index (κ3) is 3.20. The Kier molecular flexibility index (Phi) is 3.98. The molecule has 0 bridgehead atoms. The lowest BCUT2D eigenvalue weighted by atomic mass is 10.4. The molecule has 0 saturated carbocycles. The number of nitrogens with zero attached hydrogens (tertiary/aromatic N) is 1. The molecule has 2 N–H and O–H groups in total. The van der Waals surface area contributed by atoms with Gasteiger partial charge in [-0.3, -0.25) is 0 Å². The van der Waals surface area contributed by atoms with Crippen molar-refractivity contribution >= 4 is 21.6 Å². The van der Waals surface area contributed by atoms with Crippen LogP contribution in [-0.2, 0) is 4.74 Å². The number of halogens is 1. The summed E-state index contributed by atoms with van der Waals surface area (Å²) in [6.07, 6.45) is 0. The summed E-state index contributed by atoms with van der Waals surface area (Å²) in [6.45, 7) is 0.970. The van der Waals surface area contributed by atoms with Crippen molar-refractivity contribution in [1.29, 1.82) is 0 Å². The zero-order valence-electron chi connectivity index (χ0n) is 7.29. The zero-order chi connectivity index (χ0) is 9.68. The van der Waals surface area contributed by atoms with Crippen LogP contribution in [0.3, 0.4) is 0 Å². The van der Waals surface area contributed by atoms with Crippen molar-refractivity contribution in [2.75, 3.05) is 26.1 Å². The number of ether oxygens (including phenoxy) is 2. The first-order valence-corrected chi connectivity index (χ1v) is 4.57. The van der Waals surface area contributed by atoms with Gasteiger partial charge in [0.05, 0.1) is 12.3 Å². The number of methoxy groups -OCH3 is 1. The second-order valence-corrected chi connectivity index (χ2v) is 3.18. The van der Waals surface area contributed by atoms with Gasteiger partial charge in [-0.2, -0.15) is 0 Å². The number of nitrogens with two attached hydrogens (primary N) is 1. The molecule has 0 saturated heterocycles. The van der Waals surface area contributed by atoms with Crippen LogP contribution < -0.4 is 10.5 Å². The lowest BCUT2D eigenvalue weighted by Gasteiger charge is -2.06. The maximum atomic E-state index is 5.62. The molecule has 4 nitrogen and oxygen atoms in total. The van der Waals surface area contributed by atoms with Crippen LogP contribution in [0.5, 0.6) is 5.88 Å². The van der Waals surface area contributed by atoms with Gasteiger partial charge in [-0.15, -0.1) is 0 Å². The number of hydrogen-bond donors (Lipinski definition) is 1. The maximum Gasteiger partial charge on any atom is 0.238 e. The van der Waals surface area contributed by atoms with E-state index >= 15 is 0 Å². The fraction of sp³-hybridized carbons (Fsp3) is 0.375. The molecule has 5 heteroatoms. The van der Waals surface area contributed by atoms with Crippen LogP contribution in [-0.4, -0.2) is 25.3 Å². The highest BCUT2D eigenvalue weighted by molar-refractivity contribution is 9.10. The largest absolute Gasteiger partial charge is 0.474 e. The molecule has 13 heavy (non-hydrogen) atoms. The van der Waals surface area contributed by atoms with Crippen LogP contribution >= 0.6 is 15.9 Å². The van der Waals surface area contributed by atoms with Crippen molar-refractivity contribution in [3.8, 4) is 5.88 Å². The highest BCUT2D eigenvalue weighted by Gasteiger charge is 2.01. The predicted molar refractivity (Wildman–Crippen MR) is 53.7 cm³/mol. The van der Waals surface area contributed by atoms with Gasteiger partial charge in [0, 0.05) is 7.11 Å². The molecule has 1 aromatic rings. The Labute approximate surface area is 85.2 Å². The third-order valence-corrected chi connectivity index (χ3v) is 1.82. The molecule has 0 aliphatic carbocycles. The zero-order valence-corrected chi connectivity index (χ0v) is 8.87. The minimum atomic E-state index is 0.437. The van der Waals surface area contributed by atoms with Crippen LogP contribution in [0.4, 0.5) is 5.69 Å². The van der Waals surface area contributed by atoms with Crippen molar-refractivity contribution in [3.05, 3.63) is 16.7 Å². The first kappa shape index (κ1) is 10.3. The van der Waals surface area contributed by atoms with Crippen LogP contribution in [0, 0.1) is 0 Å². The standard InChI is InChI=1S/C8H11BrN2O2/c1-12-4-5-13-8-6(10)2-3-7(9)11-8/h2-3H,4-5,10H2,1H3. The summed E-state index contributed by atoms with van der Waals surface area (Å²) < 4.78 is 10.8. The number of nitrogen functional groups attached to an aromatic ring is 1. The summed E-state index contributed by atoms with van der Waals surface area (Å²) >= 11 is 3.23. The smallest absolute Gasteiger partial charge is 0.238 e. The quantitative estimate of drug-likeness (QED) is 0.646. The maximum absolute atomic E-state index is 5.62. The Morgan fingerprint density at radius 3 is 2.92 bits per heavy atom. The summed E-state index contributed by atoms with van der Waals surface area (Å²) in [5.74, 6) is 0.437. The fourth-order valence-corrected chi connectivity index (χ4v) is 1.06. The van der Waals surface area contributed by atoms with E-state index in [0.29, 0.717) is 29.4 Å². The highest BCUT2D eigenvalue weighted by Crippen LogP contribution is 2.20. The lowest BCUT2D eigenvalue weighted by Crippen LogP contribution is -2.07. The van der Waals surface area contributed by atoms with E-state index in [4.69, 9.17) is 15.2 Å². The van der Waals surface area contributed by atoms with Crippen molar-refractivity contribution in [2.24, 2.45) is 0 Å². The second kappa shape index (κ2) is 5.04. The van der Waals surface area contributed by atoms with Crippen molar-refractivity contribution < 1.29 is 9.47 Å². The summed E-state index contributed by atoms with van der Waals surface area (Å²) in [6, 6.07) is 3.50. The van der Waals surface area contributed by atoms with E-state index < -0.39 is 0 Å². The van der Waals surface area contributed by atoms with Gasteiger partial charge in [0.1, 0.15) is 11.2 Å². The lowest BCUT2D eigenvalue weighted by molar-refractivity contribution is 0.144. The fourth-order valence-electron chi connectivity index (χ4n) is 0.766. The topological polar surface area (TPSA) is 57.4 Å². The predicted octanol–water partition coefficient (Wildman–Crippen LogP) is 1.45. The van der Waals surface area contributed by atoms with Crippen molar-refractivity contribution in [2.45, 2.75) is 0 Å². The van der Waals surface area contributed by atoms with E-state index in [1.54, 1.807) is 19.2 Å². The molecular weight excluding hydrogens is 236 g/mol. The number of aromatic nitrogens is 1. The van der Waals surface area contributed by atoms with E-state index in [9.17, 15) is 0 Å². The number of rotatable bonds is 4. The average molecular weight is 247 g/mol. The molecule has 0 radical (unpaired) electrons. The van der Waals surface area contributed by atoms with E-state index in [1.165, 1.54) is 0 Å². The Morgan fingerprint density at radius 2 is 2.23 bits per heavy atom. The first-order chi connectivity index (χ1) is 6.24. The van der Waals surface area contributed by atoms with E-state index in [1.807, 2.05) is 0 Å². The van der Waals surface area contributed by atoms with Crippen LogP contribution in [0.2, 0.25) is 0 Å². The summed E-state index contributed by atoms with van der Waals surface area (Å²) in [7, 11) is 1.61. The van der Waals surface area contributed by atoms with Gasteiger partial charge in [-0.05, 0) is 28.1 Å². The van der Waals surface area contributed by atoms with E-state index in [-0.39, 0.29) is 0 Å². The Bertz CT molecular complexity index is 281. The van der Waals surface area contributed by atoms with Crippen LogP contribution in [0.15, 0.2) is 16.7 Å². The Morgan fingerprint density at radius 1 is 1.46 bits per heavy atom. The molecule has 0 aliphatic heterocycles. The van der Waals surface area contributed by atoms with Gasteiger partial charge in [-0.1, -0.05) is 0 Å². The second-order valence-electron chi connectivity index (χ2n) is 2.37. The van der Waals surface area contributed by atoms with Gasteiger partial charge in [0.15, 0.2) is 0 Å². The molecule has 0 aromatic carbocycles. The highest BCUT2D eigenvalue weighted by atomic mass is 79.9. The molecule has 0 amide bonds. The molecule has 1 aromatic heterocycles. The number of anilines is 1. The van der Waals surface area contributed by atoms with Gasteiger partial charge < -0.3 is 15.2 Å². The monoisotopic (exact) mass is 246 g/mol. The molecule has 0 aliphatic rings. The molecule has 0 atom stereocenters. The van der Waals surface area contributed by atoms with Gasteiger partial charge in [0.25, 0.3) is 0 Å². The van der Waals surface area contributed by atoms with Gasteiger partial charge in [0.2, 0.25) is 5.88 Å². The minimum Gasteiger partial charge on any atom is -0.474 e. The average Bonchev–Trinajstić information content (AvgIpc) is 2.11. The van der Waals surface area contributed by atoms with Crippen molar-refractivity contribution in [3.63, 3.8) is 0 Å². The molecule has 0 fully saturated rings. The van der Waals surface area contributed by atoms with Gasteiger partial charge >= 0.3 is 0 Å². The van der Waals surface area contributed by atoms with E-state index in [0.717, 1.165) is 0 Å². The number of pyridine rings is 1. The normalized spacial score (nSPS) is 10.0. The van der Waals surface area contributed by atoms with Crippen molar-refractivity contribution in [1.82, 2.24) is 4.98 Å². The molecule has 0 spiro atoms. The SMILES string of the molecule is COCCOc1nc(Br)ccc1N. The molecule has 1 rings (SSSR count). The summed E-state index contributed by atoms with van der Waals surface area (Å²) in [5.41, 5.74) is 6.15. The number of hydrogen-bond acceptors (Lipinski definition) is 4. The molecule has 72 valence electrons.